The van der Waals surface area contributed by atoms with Crippen LogP contribution in [0.15, 0.2) is 41.6 Å². The van der Waals surface area contributed by atoms with Gasteiger partial charge in [0, 0.05) is 24.5 Å². The Labute approximate surface area is 136 Å². The normalized spacial score (nSPS) is 11.4. The van der Waals surface area contributed by atoms with Crippen LogP contribution < -0.4 is 9.83 Å². The molecule has 22 heavy (non-hydrogen) atoms. The molecule has 1 N–H and O–H groups in total. The van der Waals surface area contributed by atoms with Gasteiger partial charge in [-0.3, -0.25) is 4.98 Å². The fourth-order valence-electron chi connectivity index (χ4n) is 1.65. The molecule has 0 saturated carbocycles. The molecule has 9 heteroatoms. The average molecular weight is 360 g/mol. The third-order valence-electron chi connectivity index (χ3n) is 2.72. The molecule has 0 aliphatic carbocycles. The summed E-state index contributed by atoms with van der Waals surface area (Å²) < 4.78 is 26.8. The van der Waals surface area contributed by atoms with Gasteiger partial charge in [0.25, 0.3) is 0 Å². The summed E-state index contributed by atoms with van der Waals surface area (Å²) in [6, 6.07) is 5.26. The lowest BCUT2D eigenvalue weighted by atomic mass is 10.2. The molecule has 1 aromatic carbocycles. The van der Waals surface area contributed by atoms with Crippen molar-refractivity contribution < 1.29 is 18.3 Å². The van der Waals surface area contributed by atoms with Gasteiger partial charge in [0.1, 0.15) is 4.90 Å². The Morgan fingerprint density at radius 3 is 2.59 bits per heavy atom. The number of aromatic nitrogens is 1. The van der Waals surface area contributed by atoms with Crippen LogP contribution in [0.3, 0.4) is 0 Å². The minimum Gasteiger partial charge on any atom is -0.545 e. The quantitative estimate of drug-likeness (QED) is 0.865. The highest BCUT2D eigenvalue weighted by atomic mass is 35.5. The van der Waals surface area contributed by atoms with E-state index in [1.807, 2.05) is 0 Å². The zero-order chi connectivity index (χ0) is 16.3. The van der Waals surface area contributed by atoms with Crippen LogP contribution in [0, 0.1) is 0 Å². The Balaban J connectivity index is 2.33. The van der Waals surface area contributed by atoms with Crippen LogP contribution in [0.2, 0.25) is 10.0 Å². The number of pyridine rings is 1. The molecular formula is C13H9Cl2N2O4S-. The van der Waals surface area contributed by atoms with Crippen molar-refractivity contribution in [2.75, 3.05) is 0 Å². The van der Waals surface area contributed by atoms with Gasteiger partial charge in [0.2, 0.25) is 10.0 Å². The van der Waals surface area contributed by atoms with E-state index in [-0.39, 0.29) is 21.5 Å². The number of rotatable bonds is 5. The molecule has 1 heterocycles. The first-order chi connectivity index (χ1) is 10.3. The predicted molar refractivity (Wildman–Crippen MR) is 79.1 cm³/mol. The van der Waals surface area contributed by atoms with Crippen LogP contribution in [-0.4, -0.2) is 19.4 Å². The molecule has 0 saturated heterocycles. The van der Waals surface area contributed by atoms with E-state index in [0.29, 0.717) is 5.56 Å². The number of carbonyl (C=O) groups is 1. The van der Waals surface area contributed by atoms with Crippen molar-refractivity contribution in [3.8, 4) is 0 Å². The first kappa shape index (κ1) is 16.7. The number of carbonyl (C=O) groups excluding carboxylic acids is 1. The van der Waals surface area contributed by atoms with E-state index in [9.17, 15) is 18.3 Å². The van der Waals surface area contributed by atoms with Crippen LogP contribution in [0.4, 0.5) is 0 Å². The van der Waals surface area contributed by atoms with Crippen molar-refractivity contribution in [2.45, 2.75) is 11.4 Å². The number of hydrogen-bond donors (Lipinski definition) is 1. The predicted octanol–water partition coefficient (Wildman–Crippen LogP) is 1.23. The fourth-order valence-corrected chi connectivity index (χ4v) is 3.52. The lowest BCUT2D eigenvalue weighted by Crippen LogP contribution is -2.26. The summed E-state index contributed by atoms with van der Waals surface area (Å²) >= 11 is 11.5. The number of carboxylic acid groups (broad SMARTS) is 1. The maximum Gasteiger partial charge on any atom is 0.242 e. The Morgan fingerprint density at radius 2 is 2.00 bits per heavy atom. The minimum atomic E-state index is -4.02. The van der Waals surface area contributed by atoms with E-state index in [2.05, 4.69) is 9.71 Å². The largest absolute Gasteiger partial charge is 0.545 e. The van der Waals surface area contributed by atoms with E-state index in [1.165, 1.54) is 6.20 Å². The van der Waals surface area contributed by atoms with Gasteiger partial charge in [-0.15, -0.1) is 0 Å². The van der Waals surface area contributed by atoms with E-state index in [1.54, 1.807) is 18.3 Å². The molecule has 0 bridgehead atoms. The number of halogens is 2. The SMILES string of the molecule is O=C([O-])c1cc(S(=O)(=O)NCc2cccnc2)c(Cl)cc1Cl. The van der Waals surface area contributed by atoms with E-state index >= 15 is 0 Å². The molecule has 0 aliphatic rings. The van der Waals surface area contributed by atoms with Crippen LogP contribution in [0.5, 0.6) is 0 Å². The van der Waals surface area contributed by atoms with E-state index in [4.69, 9.17) is 23.2 Å². The van der Waals surface area contributed by atoms with Gasteiger partial charge in [0.15, 0.2) is 0 Å². The summed E-state index contributed by atoms with van der Waals surface area (Å²) in [6.07, 6.45) is 3.05. The molecule has 0 fully saturated rings. The van der Waals surface area contributed by atoms with Crippen LogP contribution in [0.1, 0.15) is 15.9 Å². The van der Waals surface area contributed by atoms with Crippen molar-refractivity contribution in [2.24, 2.45) is 0 Å². The zero-order valence-electron chi connectivity index (χ0n) is 10.9. The van der Waals surface area contributed by atoms with Crippen molar-refractivity contribution in [3.63, 3.8) is 0 Å². The van der Waals surface area contributed by atoms with Crippen molar-refractivity contribution >= 4 is 39.2 Å². The smallest absolute Gasteiger partial charge is 0.242 e. The second-order valence-corrected chi connectivity index (χ2v) is 6.79. The highest BCUT2D eigenvalue weighted by Crippen LogP contribution is 2.28. The summed E-state index contributed by atoms with van der Waals surface area (Å²) in [7, 11) is -4.02. The van der Waals surface area contributed by atoms with Crippen LogP contribution in [-0.2, 0) is 16.6 Å². The number of sulfonamides is 1. The van der Waals surface area contributed by atoms with Gasteiger partial charge in [0.05, 0.1) is 16.0 Å². The van der Waals surface area contributed by atoms with Crippen LogP contribution in [0.25, 0.3) is 0 Å². The molecule has 2 rings (SSSR count). The zero-order valence-corrected chi connectivity index (χ0v) is 13.2. The van der Waals surface area contributed by atoms with E-state index in [0.717, 1.165) is 12.1 Å². The standard InChI is InChI=1S/C13H10Cl2N2O4S/c14-10-5-11(15)12(4-9(10)13(18)19)22(20,21)17-7-8-2-1-3-16-6-8/h1-6,17H,7H2,(H,18,19)/p-1. The maximum atomic E-state index is 12.2. The highest BCUT2D eigenvalue weighted by molar-refractivity contribution is 7.89. The van der Waals surface area contributed by atoms with Gasteiger partial charge in [-0.25, -0.2) is 13.1 Å². The van der Waals surface area contributed by atoms with E-state index < -0.39 is 21.6 Å². The first-order valence-electron chi connectivity index (χ1n) is 5.90. The summed E-state index contributed by atoms with van der Waals surface area (Å²) in [5.41, 5.74) is 0.184. The second kappa shape index (κ2) is 6.62. The fraction of sp³-hybridized carbons (Fsp3) is 0.0769. The Morgan fingerprint density at radius 1 is 1.27 bits per heavy atom. The molecular weight excluding hydrogens is 351 g/mol. The molecule has 0 radical (unpaired) electrons. The third-order valence-corrected chi connectivity index (χ3v) is 4.90. The average Bonchev–Trinajstić information content (AvgIpc) is 2.45. The molecule has 1 aromatic heterocycles. The molecule has 0 unspecified atom stereocenters. The molecule has 0 atom stereocenters. The lowest BCUT2D eigenvalue weighted by molar-refractivity contribution is -0.255. The maximum absolute atomic E-state index is 12.2. The topological polar surface area (TPSA) is 99.2 Å². The molecule has 2 aromatic rings. The molecule has 116 valence electrons. The summed E-state index contributed by atoms with van der Waals surface area (Å²) in [5.74, 6) is -1.59. The summed E-state index contributed by atoms with van der Waals surface area (Å²) in [5, 5.41) is 10.5. The number of carboxylic acids is 1. The van der Waals surface area contributed by atoms with Crippen LogP contribution >= 0.6 is 23.2 Å². The lowest BCUT2D eigenvalue weighted by Gasteiger charge is -2.12. The van der Waals surface area contributed by atoms with Gasteiger partial charge in [-0.05, 0) is 23.8 Å². The van der Waals surface area contributed by atoms with Crippen molar-refractivity contribution in [3.05, 3.63) is 57.8 Å². The Hall–Kier alpha value is -1.67. The number of benzene rings is 1. The minimum absolute atomic E-state index is 0.0181. The van der Waals surface area contributed by atoms with Crippen molar-refractivity contribution in [1.29, 1.82) is 0 Å². The molecule has 0 aliphatic heterocycles. The number of aromatic carboxylic acids is 1. The third kappa shape index (κ3) is 3.75. The monoisotopic (exact) mass is 359 g/mol. The van der Waals surface area contributed by atoms with Gasteiger partial charge in [-0.2, -0.15) is 0 Å². The number of nitrogens with one attached hydrogen (secondary N) is 1. The molecule has 0 spiro atoms. The second-order valence-electron chi connectivity index (χ2n) is 4.24. The molecule has 0 amide bonds. The highest BCUT2D eigenvalue weighted by Gasteiger charge is 2.20. The van der Waals surface area contributed by atoms with Gasteiger partial charge < -0.3 is 9.90 Å². The molecule has 6 nitrogen and oxygen atoms in total. The number of hydrogen-bond acceptors (Lipinski definition) is 5. The van der Waals surface area contributed by atoms with Gasteiger partial charge >= 0.3 is 0 Å². The number of nitrogens with zero attached hydrogens (tertiary/aromatic N) is 1. The Bertz CT molecular complexity index is 810. The van der Waals surface area contributed by atoms with Crippen molar-refractivity contribution in [1.82, 2.24) is 9.71 Å². The Kier molecular flexibility index (Phi) is 5.02. The summed E-state index contributed by atoms with van der Waals surface area (Å²) in [4.78, 5) is 14.4. The first-order valence-corrected chi connectivity index (χ1v) is 8.14. The van der Waals surface area contributed by atoms with Gasteiger partial charge in [-0.1, -0.05) is 29.3 Å². The summed E-state index contributed by atoms with van der Waals surface area (Å²) in [6.45, 7) is -0.0181.